The maximum Gasteiger partial charge on any atom is 0.253 e. The van der Waals surface area contributed by atoms with Gasteiger partial charge in [-0.05, 0) is 36.4 Å². The van der Waals surface area contributed by atoms with Crippen molar-refractivity contribution in [1.29, 1.82) is 0 Å². The molecule has 6 nitrogen and oxygen atoms in total. The number of rotatable bonds is 3. The smallest absolute Gasteiger partial charge is 0.253 e. The van der Waals surface area contributed by atoms with Crippen LogP contribution in [-0.4, -0.2) is 55.6 Å². The standard InChI is InChI=1S/C15H19N5OS/c1-11(2)20-14(16-17-18-20)12-4-3-5-13(10-12)15(21)19-6-8-22-9-7-19/h3-5,10-11H,6-9H2,1-2H3. The van der Waals surface area contributed by atoms with Crippen LogP contribution in [0.2, 0.25) is 0 Å². The Morgan fingerprint density at radius 1 is 1.27 bits per heavy atom. The van der Waals surface area contributed by atoms with E-state index < -0.39 is 0 Å². The van der Waals surface area contributed by atoms with E-state index in [9.17, 15) is 4.79 Å². The minimum absolute atomic E-state index is 0.0886. The molecule has 0 bridgehead atoms. The summed E-state index contributed by atoms with van der Waals surface area (Å²) in [6.07, 6.45) is 0. The Morgan fingerprint density at radius 3 is 2.77 bits per heavy atom. The van der Waals surface area contributed by atoms with Crippen LogP contribution in [0.3, 0.4) is 0 Å². The van der Waals surface area contributed by atoms with Crippen LogP contribution in [0.5, 0.6) is 0 Å². The molecule has 1 aromatic heterocycles. The highest BCUT2D eigenvalue weighted by Gasteiger charge is 2.19. The van der Waals surface area contributed by atoms with E-state index in [1.807, 2.05) is 54.8 Å². The Kier molecular flexibility index (Phi) is 4.42. The summed E-state index contributed by atoms with van der Waals surface area (Å²) in [6.45, 7) is 5.69. The Morgan fingerprint density at radius 2 is 2.05 bits per heavy atom. The lowest BCUT2D eigenvalue weighted by atomic mass is 10.1. The lowest BCUT2D eigenvalue weighted by molar-refractivity contribution is 0.0772. The molecule has 1 aliphatic rings. The van der Waals surface area contributed by atoms with Crippen molar-refractivity contribution in [3.8, 4) is 11.4 Å². The SMILES string of the molecule is CC(C)n1nnnc1-c1cccc(C(=O)N2CCSCC2)c1. The number of carbonyl (C=O) groups excluding carboxylic acids is 1. The van der Waals surface area contributed by atoms with Crippen LogP contribution in [0.15, 0.2) is 24.3 Å². The molecule has 0 radical (unpaired) electrons. The molecule has 0 unspecified atom stereocenters. The largest absolute Gasteiger partial charge is 0.337 e. The first-order valence-corrected chi connectivity index (χ1v) is 8.57. The van der Waals surface area contributed by atoms with Crippen LogP contribution in [0.4, 0.5) is 0 Å². The van der Waals surface area contributed by atoms with E-state index in [1.54, 1.807) is 4.68 Å². The van der Waals surface area contributed by atoms with Crippen LogP contribution in [0, 0.1) is 0 Å². The van der Waals surface area contributed by atoms with E-state index in [4.69, 9.17) is 0 Å². The van der Waals surface area contributed by atoms with E-state index in [0.29, 0.717) is 11.4 Å². The Balaban J connectivity index is 1.89. The normalized spacial score (nSPS) is 15.3. The van der Waals surface area contributed by atoms with Gasteiger partial charge in [-0.1, -0.05) is 12.1 Å². The molecule has 1 aliphatic heterocycles. The highest BCUT2D eigenvalue weighted by Crippen LogP contribution is 2.21. The summed E-state index contributed by atoms with van der Waals surface area (Å²) in [5.74, 6) is 2.80. The molecule has 3 rings (SSSR count). The number of tetrazole rings is 1. The summed E-state index contributed by atoms with van der Waals surface area (Å²) in [5, 5.41) is 11.9. The highest BCUT2D eigenvalue weighted by atomic mass is 32.2. The lowest BCUT2D eigenvalue weighted by Crippen LogP contribution is -2.37. The van der Waals surface area contributed by atoms with Crippen molar-refractivity contribution in [2.45, 2.75) is 19.9 Å². The van der Waals surface area contributed by atoms with Gasteiger partial charge in [0.25, 0.3) is 5.91 Å². The van der Waals surface area contributed by atoms with E-state index in [-0.39, 0.29) is 11.9 Å². The van der Waals surface area contributed by atoms with Crippen molar-refractivity contribution in [2.75, 3.05) is 24.6 Å². The van der Waals surface area contributed by atoms with Gasteiger partial charge in [-0.25, -0.2) is 4.68 Å². The molecule has 2 aromatic rings. The van der Waals surface area contributed by atoms with Gasteiger partial charge in [0.2, 0.25) is 0 Å². The number of thioether (sulfide) groups is 1. The molecule has 22 heavy (non-hydrogen) atoms. The van der Waals surface area contributed by atoms with Crippen molar-refractivity contribution < 1.29 is 4.79 Å². The molecule has 1 amide bonds. The minimum Gasteiger partial charge on any atom is -0.337 e. The van der Waals surface area contributed by atoms with Crippen molar-refractivity contribution >= 4 is 17.7 Å². The van der Waals surface area contributed by atoms with Crippen LogP contribution < -0.4 is 0 Å². The summed E-state index contributed by atoms with van der Waals surface area (Å²) in [5.41, 5.74) is 1.57. The quantitative estimate of drug-likeness (QED) is 0.867. The molecule has 0 spiro atoms. The second-order valence-corrected chi connectivity index (χ2v) is 6.75. The molecule has 1 saturated heterocycles. The summed E-state index contributed by atoms with van der Waals surface area (Å²) >= 11 is 1.89. The Hall–Kier alpha value is -1.89. The third kappa shape index (κ3) is 2.99. The second-order valence-electron chi connectivity index (χ2n) is 5.53. The van der Waals surface area contributed by atoms with Gasteiger partial charge in [-0.3, -0.25) is 4.79 Å². The van der Waals surface area contributed by atoms with Crippen LogP contribution >= 0.6 is 11.8 Å². The topological polar surface area (TPSA) is 63.9 Å². The number of benzene rings is 1. The molecule has 116 valence electrons. The monoisotopic (exact) mass is 317 g/mol. The molecule has 0 atom stereocenters. The summed E-state index contributed by atoms with van der Waals surface area (Å²) in [7, 11) is 0. The van der Waals surface area contributed by atoms with Gasteiger partial charge in [-0.15, -0.1) is 5.10 Å². The van der Waals surface area contributed by atoms with Crippen LogP contribution in [-0.2, 0) is 0 Å². The number of aromatic nitrogens is 4. The number of amides is 1. The molecule has 0 aliphatic carbocycles. The van der Waals surface area contributed by atoms with Gasteiger partial charge in [0.15, 0.2) is 5.82 Å². The van der Waals surface area contributed by atoms with Gasteiger partial charge >= 0.3 is 0 Å². The number of hydrogen-bond acceptors (Lipinski definition) is 5. The van der Waals surface area contributed by atoms with E-state index in [0.717, 1.165) is 30.2 Å². The number of carbonyl (C=O) groups is 1. The zero-order chi connectivity index (χ0) is 15.5. The maximum absolute atomic E-state index is 12.6. The highest BCUT2D eigenvalue weighted by molar-refractivity contribution is 7.99. The van der Waals surface area contributed by atoms with Crippen molar-refractivity contribution in [1.82, 2.24) is 25.1 Å². The molecule has 1 fully saturated rings. The third-order valence-electron chi connectivity index (χ3n) is 3.65. The maximum atomic E-state index is 12.6. The van der Waals surface area contributed by atoms with Gasteiger partial charge in [0, 0.05) is 35.7 Å². The predicted molar refractivity (Wildman–Crippen MR) is 86.9 cm³/mol. The average molecular weight is 317 g/mol. The first kappa shape index (κ1) is 15.0. The fraction of sp³-hybridized carbons (Fsp3) is 0.467. The van der Waals surface area contributed by atoms with Crippen LogP contribution in [0.25, 0.3) is 11.4 Å². The van der Waals surface area contributed by atoms with Gasteiger partial charge in [0.05, 0.1) is 6.04 Å². The first-order chi connectivity index (χ1) is 10.7. The average Bonchev–Trinajstić information content (AvgIpc) is 3.05. The molecular weight excluding hydrogens is 298 g/mol. The number of hydrogen-bond donors (Lipinski definition) is 0. The van der Waals surface area contributed by atoms with Crippen LogP contribution in [0.1, 0.15) is 30.2 Å². The van der Waals surface area contributed by atoms with Gasteiger partial charge < -0.3 is 4.90 Å². The Bertz CT molecular complexity index is 663. The number of nitrogens with zero attached hydrogens (tertiary/aromatic N) is 5. The van der Waals surface area contributed by atoms with Crippen molar-refractivity contribution in [2.24, 2.45) is 0 Å². The van der Waals surface area contributed by atoms with Gasteiger partial charge in [0.1, 0.15) is 0 Å². The zero-order valence-corrected chi connectivity index (χ0v) is 13.6. The zero-order valence-electron chi connectivity index (χ0n) is 12.8. The summed E-state index contributed by atoms with van der Waals surface area (Å²) in [6, 6.07) is 7.74. The summed E-state index contributed by atoms with van der Waals surface area (Å²) in [4.78, 5) is 14.5. The Labute approximate surface area is 133 Å². The molecule has 0 saturated carbocycles. The van der Waals surface area contributed by atoms with Gasteiger partial charge in [-0.2, -0.15) is 11.8 Å². The van der Waals surface area contributed by atoms with E-state index in [2.05, 4.69) is 15.5 Å². The molecule has 1 aromatic carbocycles. The second kappa shape index (κ2) is 6.48. The fourth-order valence-corrected chi connectivity index (χ4v) is 3.37. The predicted octanol–water partition coefficient (Wildman–Crippen LogP) is 2.11. The molecule has 0 N–H and O–H groups in total. The first-order valence-electron chi connectivity index (χ1n) is 7.42. The molecular formula is C15H19N5OS. The minimum atomic E-state index is 0.0886. The molecule has 7 heteroatoms. The third-order valence-corrected chi connectivity index (χ3v) is 4.59. The van der Waals surface area contributed by atoms with E-state index >= 15 is 0 Å². The molecule has 2 heterocycles. The summed E-state index contributed by atoms with van der Waals surface area (Å²) < 4.78 is 1.77. The fourth-order valence-electron chi connectivity index (χ4n) is 2.47. The van der Waals surface area contributed by atoms with E-state index in [1.165, 1.54) is 0 Å². The van der Waals surface area contributed by atoms with Crippen molar-refractivity contribution in [3.05, 3.63) is 29.8 Å². The lowest BCUT2D eigenvalue weighted by Gasteiger charge is -2.26. The van der Waals surface area contributed by atoms with Crippen molar-refractivity contribution in [3.63, 3.8) is 0 Å².